The average Bonchev–Trinajstić information content (AvgIpc) is 2.43. The Bertz CT molecular complexity index is 201. The van der Waals surface area contributed by atoms with Crippen molar-refractivity contribution in [1.29, 1.82) is 0 Å². The van der Waals surface area contributed by atoms with Crippen LogP contribution in [0, 0.1) is 0 Å². The number of piperidine rings is 1. The van der Waals surface area contributed by atoms with Crippen LogP contribution in [0.2, 0.25) is 0 Å². The molecule has 4 N–H and O–H groups in total. The van der Waals surface area contributed by atoms with Crippen LogP contribution >= 0.6 is 0 Å². The largest absolute Gasteiger partial charge is 0.391 e. The first kappa shape index (κ1) is 9.36. The predicted molar refractivity (Wildman–Crippen MR) is 44.0 cm³/mol. The van der Waals surface area contributed by atoms with Gasteiger partial charge in [-0.25, -0.2) is 0 Å². The van der Waals surface area contributed by atoms with E-state index in [0.29, 0.717) is 19.5 Å². The smallest absolute Gasteiger partial charge is 0.109 e. The van der Waals surface area contributed by atoms with Gasteiger partial charge in [0.25, 0.3) is 0 Å². The summed E-state index contributed by atoms with van der Waals surface area (Å²) in [7, 11) is 0. The molecule has 2 fully saturated rings. The molecule has 0 bridgehead atoms. The van der Waals surface area contributed by atoms with Gasteiger partial charge in [-0.3, -0.25) is 4.90 Å². The van der Waals surface area contributed by atoms with Gasteiger partial charge >= 0.3 is 0 Å². The summed E-state index contributed by atoms with van der Waals surface area (Å²) in [6, 6.07) is -0.404. The Morgan fingerprint density at radius 3 is 2.31 bits per heavy atom. The molecule has 0 aromatic rings. The molecular formula is C8H15NO4. The molecule has 0 saturated carbocycles. The summed E-state index contributed by atoms with van der Waals surface area (Å²) in [5, 5.41) is 37.8. The molecule has 0 aliphatic carbocycles. The van der Waals surface area contributed by atoms with E-state index in [-0.39, 0.29) is 0 Å². The number of hydrogen-bond acceptors (Lipinski definition) is 5. The lowest BCUT2D eigenvalue weighted by Crippen LogP contribution is -2.61. The predicted octanol–water partition coefficient (Wildman–Crippen LogP) is -2.48. The lowest BCUT2D eigenvalue weighted by Gasteiger charge is -2.40. The second-order valence-corrected chi connectivity index (χ2v) is 3.89. The van der Waals surface area contributed by atoms with Crippen molar-refractivity contribution in [2.75, 3.05) is 13.1 Å². The van der Waals surface area contributed by atoms with Crippen molar-refractivity contribution in [3.63, 3.8) is 0 Å². The Balaban J connectivity index is 2.15. The van der Waals surface area contributed by atoms with Gasteiger partial charge in [0.2, 0.25) is 0 Å². The van der Waals surface area contributed by atoms with E-state index in [4.69, 9.17) is 0 Å². The standard InChI is InChI=1S/C8H15NO4/c10-4-1-2-9-3-5(11)7(12)8(13)6(4)9/h4-8,10-13H,1-3H2/t4-,5?,6?,7+,8?/m0/s1. The molecule has 0 radical (unpaired) electrons. The first-order chi connectivity index (χ1) is 6.11. The summed E-state index contributed by atoms with van der Waals surface area (Å²) in [6.45, 7) is 1.01. The van der Waals surface area contributed by atoms with Gasteiger partial charge in [-0.1, -0.05) is 0 Å². The quantitative estimate of drug-likeness (QED) is 0.339. The minimum Gasteiger partial charge on any atom is -0.391 e. The Morgan fingerprint density at radius 2 is 1.62 bits per heavy atom. The summed E-state index contributed by atoms with van der Waals surface area (Å²) in [5.41, 5.74) is 0. The third-order valence-corrected chi connectivity index (χ3v) is 3.04. The van der Waals surface area contributed by atoms with Gasteiger partial charge in [-0.05, 0) is 6.42 Å². The fourth-order valence-corrected chi connectivity index (χ4v) is 2.30. The summed E-state index contributed by atoms with van der Waals surface area (Å²) < 4.78 is 0. The fraction of sp³-hybridized carbons (Fsp3) is 1.00. The third-order valence-electron chi connectivity index (χ3n) is 3.04. The molecule has 2 heterocycles. The molecule has 3 unspecified atom stereocenters. The molecule has 2 rings (SSSR count). The molecule has 76 valence electrons. The molecule has 13 heavy (non-hydrogen) atoms. The third kappa shape index (κ3) is 1.37. The second kappa shape index (κ2) is 3.18. The van der Waals surface area contributed by atoms with Gasteiger partial charge in [-0.2, -0.15) is 0 Å². The van der Waals surface area contributed by atoms with Gasteiger partial charge < -0.3 is 20.4 Å². The van der Waals surface area contributed by atoms with Crippen LogP contribution in [0.15, 0.2) is 0 Å². The minimum absolute atomic E-state index is 0.333. The van der Waals surface area contributed by atoms with E-state index in [1.165, 1.54) is 0 Å². The fourth-order valence-electron chi connectivity index (χ4n) is 2.30. The van der Waals surface area contributed by atoms with Crippen molar-refractivity contribution in [2.45, 2.75) is 36.9 Å². The van der Waals surface area contributed by atoms with Crippen LogP contribution in [0.5, 0.6) is 0 Å². The zero-order valence-corrected chi connectivity index (χ0v) is 7.24. The van der Waals surface area contributed by atoms with Gasteiger partial charge in [0.05, 0.1) is 18.2 Å². The maximum atomic E-state index is 9.58. The van der Waals surface area contributed by atoms with E-state index in [1.54, 1.807) is 0 Å². The second-order valence-electron chi connectivity index (χ2n) is 3.89. The average molecular weight is 189 g/mol. The normalized spacial score (nSPS) is 52.2. The van der Waals surface area contributed by atoms with Crippen molar-refractivity contribution in [3.05, 3.63) is 0 Å². The van der Waals surface area contributed by atoms with Crippen LogP contribution < -0.4 is 0 Å². The molecule has 2 aliphatic rings. The number of rotatable bonds is 0. The van der Waals surface area contributed by atoms with E-state index >= 15 is 0 Å². The van der Waals surface area contributed by atoms with E-state index in [2.05, 4.69) is 0 Å². The molecule has 0 spiro atoms. The van der Waals surface area contributed by atoms with Crippen LogP contribution in [0.4, 0.5) is 0 Å². The van der Waals surface area contributed by atoms with Crippen molar-refractivity contribution in [3.8, 4) is 0 Å². The molecular weight excluding hydrogens is 174 g/mol. The maximum absolute atomic E-state index is 9.58. The molecule has 2 saturated heterocycles. The van der Waals surface area contributed by atoms with Crippen LogP contribution in [-0.2, 0) is 0 Å². The number of aliphatic hydroxyl groups is 4. The molecule has 0 aromatic carbocycles. The Labute approximate surface area is 76.2 Å². The van der Waals surface area contributed by atoms with Gasteiger partial charge in [0.1, 0.15) is 12.2 Å². The Morgan fingerprint density at radius 1 is 0.923 bits per heavy atom. The summed E-state index contributed by atoms with van der Waals surface area (Å²) in [6.07, 6.45) is -3.06. The van der Waals surface area contributed by atoms with Gasteiger partial charge in [0.15, 0.2) is 0 Å². The molecule has 5 heteroatoms. The van der Waals surface area contributed by atoms with E-state index < -0.39 is 30.5 Å². The van der Waals surface area contributed by atoms with Crippen LogP contribution in [0.3, 0.4) is 0 Å². The molecule has 5 atom stereocenters. The zero-order chi connectivity index (χ0) is 9.59. The summed E-state index contributed by atoms with van der Waals surface area (Å²) >= 11 is 0. The highest BCUT2D eigenvalue weighted by Gasteiger charge is 2.47. The topological polar surface area (TPSA) is 84.2 Å². The lowest BCUT2D eigenvalue weighted by atomic mass is 9.93. The highest BCUT2D eigenvalue weighted by atomic mass is 16.4. The number of hydrogen-bond donors (Lipinski definition) is 4. The Kier molecular flexibility index (Phi) is 2.29. The van der Waals surface area contributed by atoms with Crippen LogP contribution in [0.1, 0.15) is 6.42 Å². The summed E-state index contributed by atoms with van der Waals surface area (Å²) in [5.74, 6) is 0. The first-order valence-corrected chi connectivity index (χ1v) is 4.57. The highest BCUT2D eigenvalue weighted by Crippen LogP contribution is 2.27. The van der Waals surface area contributed by atoms with E-state index in [0.717, 1.165) is 0 Å². The van der Waals surface area contributed by atoms with Crippen molar-refractivity contribution >= 4 is 0 Å². The minimum atomic E-state index is -1.13. The molecule has 2 aliphatic heterocycles. The van der Waals surface area contributed by atoms with Crippen LogP contribution in [-0.4, -0.2) is 68.9 Å². The van der Waals surface area contributed by atoms with Gasteiger partial charge in [-0.15, -0.1) is 0 Å². The number of nitrogens with zero attached hydrogens (tertiary/aromatic N) is 1. The summed E-state index contributed by atoms with van der Waals surface area (Å²) in [4.78, 5) is 1.83. The van der Waals surface area contributed by atoms with Crippen molar-refractivity contribution in [1.82, 2.24) is 4.90 Å². The Hall–Kier alpha value is -0.200. The van der Waals surface area contributed by atoms with E-state index in [1.807, 2.05) is 4.90 Å². The molecule has 0 aromatic heterocycles. The van der Waals surface area contributed by atoms with Gasteiger partial charge in [0, 0.05) is 13.1 Å². The zero-order valence-electron chi connectivity index (χ0n) is 7.24. The molecule has 0 amide bonds. The van der Waals surface area contributed by atoms with Crippen molar-refractivity contribution < 1.29 is 20.4 Å². The monoisotopic (exact) mass is 189 g/mol. The first-order valence-electron chi connectivity index (χ1n) is 4.57. The van der Waals surface area contributed by atoms with Crippen molar-refractivity contribution in [2.24, 2.45) is 0 Å². The van der Waals surface area contributed by atoms with Crippen LogP contribution in [0.25, 0.3) is 0 Å². The number of fused-ring (bicyclic) bond motifs is 1. The SMILES string of the molecule is OC1CN2CC[C@H](O)C2C(O)[C@@H]1O. The lowest BCUT2D eigenvalue weighted by molar-refractivity contribution is -0.140. The van der Waals surface area contributed by atoms with E-state index in [9.17, 15) is 20.4 Å². The molecule has 5 nitrogen and oxygen atoms in total. The highest BCUT2D eigenvalue weighted by molar-refractivity contribution is 5.01. The maximum Gasteiger partial charge on any atom is 0.109 e. The number of aliphatic hydroxyl groups excluding tert-OH is 4.